The van der Waals surface area contributed by atoms with Gasteiger partial charge in [0.1, 0.15) is 5.15 Å². The summed E-state index contributed by atoms with van der Waals surface area (Å²) < 4.78 is 0. The first-order valence-corrected chi connectivity index (χ1v) is 6.66. The standard InChI is InChI=1S/C14H15ClN4O/c1-9(2)12-6-10(7-13(15)18-12)14(20)16-8-11-4-3-5-17-19-11/h3-7,9H,8H2,1-2H3,(H,16,20). The van der Waals surface area contributed by atoms with Gasteiger partial charge in [-0.3, -0.25) is 4.79 Å². The van der Waals surface area contributed by atoms with Crippen LogP contribution >= 0.6 is 11.6 Å². The van der Waals surface area contributed by atoms with Gasteiger partial charge < -0.3 is 5.32 Å². The molecule has 20 heavy (non-hydrogen) atoms. The summed E-state index contributed by atoms with van der Waals surface area (Å²) in [6.45, 7) is 4.32. The van der Waals surface area contributed by atoms with E-state index in [-0.39, 0.29) is 11.8 Å². The maximum Gasteiger partial charge on any atom is 0.251 e. The molecule has 0 saturated carbocycles. The first-order valence-electron chi connectivity index (χ1n) is 6.28. The number of carbonyl (C=O) groups is 1. The van der Waals surface area contributed by atoms with Crippen LogP contribution in [0.15, 0.2) is 30.5 Å². The van der Waals surface area contributed by atoms with Crippen LogP contribution in [0, 0.1) is 0 Å². The Morgan fingerprint density at radius 1 is 1.40 bits per heavy atom. The summed E-state index contributed by atoms with van der Waals surface area (Å²) in [7, 11) is 0. The van der Waals surface area contributed by atoms with Gasteiger partial charge in [-0.2, -0.15) is 10.2 Å². The maximum absolute atomic E-state index is 12.1. The molecule has 0 aromatic carbocycles. The van der Waals surface area contributed by atoms with Crippen molar-refractivity contribution in [2.45, 2.75) is 26.3 Å². The van der Waals surface area contributed by atoms with E-state index in [9.17, 15) is 4.79 Å². The summed E-state index contributed by atoms with van der Waals surface area (Å²) in [6, 6.07) is 6.88. The van der Waals surface area contributed by atoms with Crippen molar-refractivity contribution in [1.82, 2.24) is 20.5 Å². The van der Waals surface area contributed by atoms with Crippen molar-refractivity contribution >= 4 is 17.5 Å². The molecular weight excluding hydrogens is 276 g/mol. The molecule has 0 aliphatic rings. The number of hydrogen-bond donors (Lipinski definition) is 1. The number of rotatable bonds is 4. The smallest absolute Gasteiger partial charge is 0.251 e. The molecule has 104 valence electrons. The second-order valence-electron chi connectivity index (χ2n) is 4.66. The molecule has 2 aromatic rings. The van der Waals surface area contributed by atoms with Crippen LogP contribution in [0.3, 0.4) is 0 Å². The van der Waals surface area contributed by atoms with Crippen LogP contribution in [0.2, 0.25) is 5.15 Å². The number of nitrogens with one attached hydrogen (secondary N) is 1. The number of nitrogens with zero attached hydrogens (tertiary/aromatic N) is 3. The Hall–Kier alpha value is -2.01. The zero-order chi connectivity index (χ0) is 14.5. The number of amides is 1. The summed E-state index contributed by atoms with van der Waals surface area (Å²) in [6.07, 6.45) is 1.59. The van der Waals surface area contributed by atoms with Crippen LogP contribution in [0.25, 0.3) is 0 Å². The van der Waals surface area contributed by atoms with Crippen LogP contribution in [-0.2, 0) is 6.54 Å². The molecule has 0 spiro atoms. The molecule has 6 heteroatoms. The van der Waals surface area contributed by atoms with Gasteiger partial charge in [-0.25, -0.2) is 4.98 Å². The van der Waals surface area contributed by atoms with E-state index in [0.29, 0.717) is 23.0 Å². The highest BCUT2D eigenvalue weighted by atomic mass is 35.5. The Morgan fingerprint density at radius 2 is 2.20 bits per heavy atom. The molecule has 1 amide bonds. The van der Waals surface area contributed by atoms with Gasteiger partial charge in [-0.15, -0.1) is 0 Å². The average molecular weight is 291 g/mol. The van der Waals surface area contributed by atoms with Gasteiger partial charge in [0.15, 0.2) is 0 Å². The first-order chi connectivity index (χ1) is 9.56. The third-order valence-corrected chi connectivity index (χ3v) is 2.92. The number of carbonyl (C=O) groups excluding carboxylic acids is 1. The third kappa shape index (κ3) is 3.74. The Morgan fingerprint density at radius 3 is 2.85 bits per heavy atom. The molecule has 1 N–H and O–H groups in total. The van der Waals surface area contributed by atoms with E-state index in [1.165, 1.54) is 0 Å². The van der Waals surface area contributed by atoms with Crippen LogP contribution < -0.4 is 5.32 Å². The van der Waals surface area contributed by atoms with Crippen molar-refractivity contribution in [3.8, 4) is 0 Å². The maximum atomic E-state index is 12.1. The predicted octanol–water partition coefficient (Wildman–Crippen LogP) is 2.58. The lowest BCUT2D eigenvalue weighted by molar-refractivity contribution is 0.0950. The number of hydrogen-bond acceptors (Lipinski definition) is 4. The van der Waals surface area contributed by atoms with Gasteiger partial charge in [-0.1, -0.05) is 25.4 Å². The van der Waals surface area contributed by atoms with E-state index in [4.69, 9.17) is 11.6 Å². The Kier molecular flexibility index (Phi) is 4.63. The van der Waals surface area contributed by atoms with Crippen molar-refractivity contribution in [2.24, 2.45) is 0 Å². The highest BCUT2D eigenvalue weighted by Crippen LogP contribution is 2.17. The predicted molar refractivity (Wildman–Crippen MR) is 76.5 cm³/mol. The summed E-state index contributed by atoms with van der Waals surface area (Å²) >= 11 is 5.94. The second kappa shape index (κ2) is 6.43. The van der Waals surface area contributed by atoms with Crippen LogP contribution in [0.5, 0.6) is 0 Å². The summed E-state index contributed by atoms with van der Waals surface area (Å²) in [5.41, 5.74) is 1.99. The monoisotopic (exact) mass is 290 g/mol. The van der Waals surface area contributed by atoms with Crippen molar-refractivity contribution in [1.29, 1.82) is 0 Å². The lowest BCUT2D eigenvalue weighted by Gasteiger charge is -2.09. The molecule has 0 fully saturated rings. The Bertz CT molecular complexity index is 601. The SMILES string of the molecule is CC(C)c1cc(C(=O)NCc2cccnn2)cc(Cl)n1. The number of pyridine rings is 1. The minimum atomic E-state index is -0.207. The number of halogens is 1. The minimum absolute atomic E-state index is 0.207. The third-order valence-electron chi connectivity index (χ3n) is 2.73. The molecule has 0 unspecified atom stereocenters. The van der Waals surface area contributed by atoms with E-state index in [2.05, 4.69) is 20.5 Å². The molecular formula is C14H15ClN4O. The lowest BCUT2D eigenvalue weighted by Crippen LogP contribution is -2.23. The zero-order valence-electron chi connectivity index (χ0n) is 11.3. The van der Waals surface area contributed by atoms with E-state index < -0.39 is 0 Å². The van der Waals surface area contributed by atoms with Crippen molar-refractivity contribution in [3.63, 3.8) is 0 Å². The van der Waals surface area contributed by atoms with Gasteiger partial charge in [0, 0.05) is 17.5 Å². The van der Waals surface area contributed by atoms with Gasteiger partial charge in [0.05, 0.1) is 12.2 Å². The molecule has 0 radical (unpaired) electrons. The fourth-order valence-electron chi connectivity index (χ4n) is 1.64. The molecule has 0 aliphatic carbocycles. The Labute approximate surface area is 122 Å². The molecule has 0 bridgehead atoms. The largest absolute Gasteiger partial charge is 0.346 e. The minimum Gasteiger partial charge on any atom is -0.346 e. The second-order valence-corrected chi connectivity index (χ2v) is 5.04. The lowest BCUT2D eigenvalue weighted by atomic mass is 10.1. The molecule has 2 heterocycles. The normalized spacial score (nSPS) is 10.6. The fraction of sp³-hybridized carbons (Fsp3) is 0.286. The van der Waals surface area contributed by atoms with Crippen LogP contribution in [0.1, 0.15) is 41.5 Å². The van der Waals surface area contributed by atoms with E-state index in [0.717, 1.165) is 5.69 Å². The van der Waals surface area contributed by atoms with E-state index >= 15 is 0 Å². The van der Waals surface area contributed by atoms with Gasteiger partial charge in [-0.05, 0) is 30.2 Å². The highest BCUT2D eigenvalue weighted by molar-refractivity contribution is 6.29. The van der Waals surface area contributed by atoms with Crippen molar-refractivity contribution in [2.75, 3.05) is 0 Å². The van der Waals surface area contributed by atoms with Crippen molar-refractivity contribution < 1.29 is 4.79 Å². The summed E-state index contributed by atoms with van der Waals surface area (Å²) in [4.78, 5) is 16.3. The number of aromatic nitrogens is 3. The molecule has 2 aromatic heterocycles. The van der Waals surface area contributed by atoms with E-state index in [1.807, 2.05) is 13.8 Å². The summed E-state index contributed by atoms with van der Waals surface area (Å²) in [5, 5.41) is 10.8. The quantitative estimate of drug-likeness (QED) is 0.879. The van der Waals surface area contributed by atoms with Gasteiger partial charge >= 0.3 is 0 Å². The zero-order valence-corrected chi connectivity index (χ0v) is 12.1. The van der Waals surface area contributed by atoms with Crippen LogP contribution in [0.4, 0.5) is 0 Å². The van der Waals surface area contributed by atoms with Crippen molar-refractivity contribution in [3.05, 3.63) is 52.6 Å². The van der Waals surface area contributed by atoms with Crippen LogP contribution in [-0.4, -0.2) is 21.1 Å². The molecule has 5 nitrogen and oxygen atoms in total. The molecule has 0 atom stereocenters. The Balaban J connectivity index is 2.09. The topological polar surface area (TPSA) is 67.8 Å². The first kappa shape index (κ1) is 14.4. The summed E-state index contributed by atoms with van der Waals surface area (Å²) in [5.74, 6) is 0.00194. The molecule has 2 rings (SSSR count). The average Bonchev–Trinajstić information content (AvgIpc) is 2.45. The molecule has 0 saturated heterocycles. The fourth-order valence-corrected chi connectivity index (χ4v) is 1.86. The van der Waals surface area contributed by atoms with Gasteiger partial charge in [0.25, 0.3) is 5.91 Å². The highest BCUT2D eigenvalue weighted by Gasteiger charge is 2.11. The van der Waals surface area contributed by atoms with Gasteiger partial charge in [0.2, 0.25) is 0 Å². The van der Waals surface area contributed by atoms with E-state index in [1.54, 1.807) is 30.5 Å². The molecule has 0 aliphatic heterocycles.